The third kappa shape index (κ3) is 6.58. The fourth-order valence-corrected chi connectivity index (χ4v) is 4.28. The molecule has 1 aromatic heterocycles. The summed E-state index contributed by atoms with van der Waals surface area (Å²) >= 11 is 0. The van der Waals surface area contributed by atoms with Crippen molar-refractivity contribution in [2.24, 2.45) is 5.92 Å². The number of hydrogen-bond acceptors (Lipinski definition) is 5. The average molecular weight is 515 g/mol. The number of likely N-dealkylation sites (N-methyl/N-ethyl adjacent to an activating group) is 1. The number of ether oxygens (including phenoxy) is 1. The van der Waals surface area contributed by atoms with Crippen molar-refractivity contribution in [3.05, 3.63) is 89.6 Å². The topological polar surface area (TPSA) is 95.0 Å². The van der Waals surface area contributed by atoms with E-state index in [9.17, 15) is 14.7 Å². The van der Waals surface area contributed by atoms with Gasteiger partial charge in [0.25, 0.3) is 5.91 Å². The molecule has 38 heavy (non-hydrogen) atoms. The van der Waals surface area contributed by atoms with E-state index in [1.54, 1.807) is 29.1 Å². The number of para-hydroxylation sites is 1. The average Bonchev–Trinajstić information content (AvgIpc) is 2.94. The number of anilines is 1. The zero-order chi connectivity index (χ0) is 27.1. The number of benzene rings is 2. The second kappa shape index (κ2) is 12.4. The molecule has 2 N–H and O–H groups in total. The zero-order valence-corrected chi connectivity index (χ0v) is 21.9. The largest absolute Gasteiger partial charge is 0.472 e. The lowest BCUT2D eigenvalue weighted by Crippen LogP contribution is -2.50. The van der Waals surface area contributed by atoms with E-state index >= 15 is 0 Å². The fraction of sp³-hybridized carbons (Fsp3) is 0.300. The maximum atomic E-state index is 13.6. The molecule has 0 saturated heterocycles. The predicted molar refractivity (Wildman–Crippen MR) is 149 cm³/mol. The summed E-state index contributed by atoms with van der Waals surface area (Å²) < 4.78 is 6.30. The maximum Gasteiger partial charge on any atom is 0.321 e. The van der Waals surface area contributed by atoms with Crippen molar-refractivity contribution in [1.82, 2.24) is 14.8 Å². The molecule has 1 aliphatic rings. The first kappa shape index (κ1) is 26.9. The van der Waals surface area contributed by atoms with Crippen LogP contribution in [0.5, 0.6) is 5.88 Å². The van der Waals surface area contributed by atoms with E-state index in [4.69, 9.17) is 4.74 Å². The molecular formula is C30H34N4O4. The molecule has 8 nitrogen and oxygen atoms in total. The molecule has 0 fully saturated rings. The van der Waals surface area contributed by atoms with Crippen molar-refractivity contribution >= 4 is 29.8 Å². The molecule has 2 aromatic carbocycles. The lowest BCUT2D eigenvalue weighted by atomic mass is 10.00. The molecule has 4 rings (SSSR count). The summed E-state index contributed by atoms with van der Waals surface area (Å²) in [5.74, 6) is -0.160. The van der Waals surface area contributed by atoms with Crippen molar-refractivity contribution in [3.63, 3.8) is 0 Å². The molecule has 0 radical (unpaired) electrons. The van der Waals surface area contributed by atoms with Crippen LogP contribution < -0.4 is 10.1 Å². The number of pyridine rings is 1. The van der Waals surface area contributed by atoms with E-state index in [1.165, 1.54) is 0 Å². The lowest BCUT2D eigenvalue weighted by molar-refractivity contribution is 0.0356. The minimum Gasteiger partial charge on any atom is -0.472 e. The van der Waals surface area contributed by atoms with Gasteiger partial charge in [-0.25, -0.2) is 9.78 Å². The van der Waals surface area contributed by atoms with Crippen molar-refractivity contribution in [2.75, 3.05) is 32.1 Å². The van der Waals surface area contributed by atoms with Crippen molar-refractivity contribution in [2.45, 2.75) is 26.0 Å². The van der Waals surface area contributed by atoms with Gasteiger partial charge in [0.15, 0.2) is 0 Å². The molecule has 0 unspecified atom stereocenters. The summed E-state index contributed by atoms with van der Waals surface area (Å²) in [7, 11) is 1.71. The van der Waals surface area contributed by atoms with Gasteiger partial charge in [-0.1, -0.05) is 67.6 Å². The molecule has 3 amide bonds. The Kier molecular flexibility index (Phi) is 8.76. The van der Waals surface area contributed by atoms with Gasteiger partial charge in [0.2, 0.25) is 5.88 Å². The van der Waals surface area contributed by atoms with Gasteiger partial charge in [0.05, 0.1) is 19.2 Å². The Labute approximate surface area is 223 Å². The number of carbonyl (C=O) groups is 2. The van der Waals surface area contributed by atoms with Crippen LogP contribution >= 0.6 is 0 Å². The summed E-state index contributed by atoms with van der Waals surface area (Å²) in [6, 6.07) is 20.2. The zero-order valence-electron chi connectivity index (χ0n) is 21.9. The highest BCUT2D eigenvalue weighted by molar-refractivity contribution is 5.97. The van der Waals surface area contributed by atoms with Crippen LogP contribution in [0, 0.1) is 5.92 Å². The van der Waals surface area contributed by atoms with Crippen LogP contribution in [0.15, 0.2) is 72.9 Å². The smallest absolute Gasteiger partial charge is 0.321 e. The summed E-state index contributed by atoms with van der Waals surface area (Å²) in [5.41, 5.74) is 2.81. The number of amides is 3. The van der Waals surface area contributed by atoms with Gasteiger partial charge < -0.3 is 25.0 Å². The third-order valence-corrected chi connectivity index (χ3v) is 6.64. The highest BCUT2D eigenvalue weighted by Crippen LogP contribution is 2.28. The molecule has 0 aliphatic carbocycles. The van der Waals surface area contributed by atoms with Gasteiger partial charge in [0.1, 0.15) is 11.7 Å². The SMILES string of the molecule is C[C@H](CO)N1C[C@H](C)[C@H](CN(C)C(=O)Nc2ccccc2)Oc2ncc(/C=C/c3ccccc3)cc2C1=O. The Bertz CT molecular complexity index is 1270. The van der Waals surface area contributed by atoms with Crippen LogP contribution in [-0.2, 0) is 0 Å². The second-order valence-electron chi connectivity index (χ2n) is 9.66. The standard InChI is InChI=1S/C30H34N4O4/c1-21-18-34(22(2)20-35)29(36)26-16-24(15-14-23-10-6-4-7-11-23)17-31-28(26)38-27(21)19-33(3)30(37)32-25-12-8-5-9-13-25/h4-17,21-22,27,35H,18-20H2,1-3H3,(H,32,37)/b15-14+/t21-,22+,27-/m0/s1. The predicted octanol–water partition coefficient (Wildman–Crippen LogP) is 4.64. The number of fused-ring (bicyclic) bond motifs is 1. The summed E-state index contributed by atoms with van der Waals surface area (Å²) in [4.78, 5) is 34.2. The first-order valence-corrected chi connectivity index (χ1v) is 12.7. The monoisotopic (exact) mass is 514 g/mol. The fourth-order valence-electron chi connectivity index (χ4n) is 4.28. The first-order chi connectivity index (χ1) is 18.4. The van der Waals surface area contributed by atoms with Gasteiger partial charge >= 0.3 is 6.03 Å². The minimum absolute atomic E-state index is 0.132. The van der Waals surface area contributed by atoms with Crippen LogP contribution in [0.1, 0.15) is 35.3 Å². The highest BCUT2D eigenvalue weighted by Gasteiger charge is 2.34. The van der Waals surface area contributed by atoms with Crippen LogP contribution in [-0.4, -0.2) is 70.7 Å². The Morgan fingerprint density at radius 1 is 1.16 bits per heavy atom. The van der Waals surface area contributed by atoms with Crippen molar-refractivity contribution in [3.8, 4) is 5.88 Å². The maximum absolute atomic E-state index is 13.6. The normalized spacial score (nSPS) is 18.2. The first-order valence-electron chi connectivity index (χ1n) is 12.7. The van der Waals surface area contributed by atoms with E-state index in [0.29, 0.717) is 17.8 Å². The number of carbonyl (C=O) groups excluding carboxylic acids is 2. The molecule has 0 spiro atoms. The van der Waals surface area contributed by atoms with Crippen LogP contribution in [0.3, 0.4) is 0 Å². The number of aliphatic hydroxyl groups excluding tert-OH is 1. The quantitative estimate of drug-likeness (QED) is 0.479. The molecule has 3 aromatic rings. The number of aliphatic hydroxyl groups is 1. The van der Waals surface area contributed by atoms with Crippen LogP contribution in [0.2, 0.25) is 0 Å². The van der Waals surface area contributed by atoms with E-state index in [0.717, 1.165) is 11.1 Å². The molecule has 2 heterocycles. The molecule has 1 aliphatic heterocycles. The molecule has 3 atom stereocenters. The third-order valence-electron chi connectivity index (χ3n) is 6.64. The minimum atomic E-state index is -0.431. The Hall–Kier alpha value is -4.17. The Balaban J connectivity index is 1.59. The summed E-state index contributed by atoms with van der Waals surface area (Å²) in [6.45, 7) is 4.27. The molecule has 198 valence electrons. The number of aromatic nitrogens is 1. The number of rotatable bonds is 7. The Morgan fingerprint density at radius 2 is 1.82 bits per heavy atom. The van der Waals surface area contributed by atoms with Crippen molar-refractivity contribution < 1.29 is 19.4 Å². The van der Waals surface area contributed by atoms with E-state index in [2.05, 4.69) is 10.3 Å². The van der Waals surface area contributed by atoms with E-state index in [-0.39, 0.29) is 42.9 Å². The lowest BCUT2D eigenvalue weighted by Gasteiger charge is -2.37. The summed E-state index contributed by atoms with van der Waals surface area (Å²) in [6.07, 6.45) is 5.09. The number of hydrogen-bond donors (Lipinski definition) is 2. The summed E-state index contributed by atoms with van der Waals surface area (Å²) in [5, 5.41) is 12.8. The van der Waals surface area contributed by atoms with Crippen LogP contribution in [0.4, 0.5) is 10.5 Å². The molecule has 0 bridgehead atoms. The van der Waals surface area contributed by atoms with Crippen molar-refractivity contribution in [1.29, 1.82) is 0 Å². The molecule has 8 heteroatoms. The van der Waals surface area contributed by atoms with Gasteiger partial charge in [-0.15, -0.1) is 0 Å². The van der Waals surface area contributed by atoms with Crippen LogP contribution in [0.25, 0.3) is 12.2 Å². The number of nitrogens with zero attached hydrogens (tertiary/aromatic N) is 3. The van der Waals surface area contributed by atoms with E-state index < -0.39 is 6.10 Å². The Morgan fingerprint density at radius 3 is 2.50 bits per heavy atom. The van der Waals surface area contributed by atoms with Gasteiger partial charge in [-0.2, -0.15) is 0 Å². The number of urea groups is 1. The number of nitrogens with one attached hydrogen (secondary N) is 1. The highest BCUT2D eigenvalue weighted by atomic mass is 16.5. The van der Waals surface area contributed by atoms with Gasteiger partial charge in [-0.05, 0) is 36.2 Å². The van der Waals surface area contributed by atoms with Gasteiger partial charge in [-0.3, -0.25) is 4.79 Å². The molecular weight excluding hydrogens is 480 g/mol. The van der Waals surface area contributed by atoms with Gasteiger partial charge in [0, 0.05) is 31.4 Å². The molecule has 0 saturated carbocycles. The second-order valence-corrected chi connectivity index (χ2v) is 9.66. The van der Waals surface area contributed by atoms with E-state index in [1.807, 2.05) is 86.7 Å².